The van der Waals surface area contributed by atoms with Gasteiger partial charge in [-0.05, 0) is 31.0 Å². The summed E-state index contributed by atoms with van der Waals surface area (Å²) in [5, 5.41) is 0.376. The van der Waals surface area contributed by atoms with Crippen molar-refractivity contribution in [3.63, 3.8) is 0 Å². The Balaban J connectivity index is 1.67. The van der Waals surface area contributed by atoms with E-state index in [1.807, 2.05) is 4.90 Å². The smallest absolute Gasteiger partial charge is 0.254 e. The van der Waals surface area contributed by atoms with Crippen LogP contribution in [0.4, 0.5) is 0 Å². The van der Waals surface area contributed by atoms with Gasteiger partial charge in [0, 0.05) is 38.3 Å². The minimum atomic E-state index is -0.0277. The first-order valence-corrected chi connectivity index (χ1v) is 9.88. The summed E-state index contributed by atoms with van der Waals surface area (Å²) in [4.78, 5) is 17.3. The Morgan fingerprint density at radius 1 is 1.04 bits per heavy atom. The second-order valence-electron chi connectivity index (χ2n) is 7.10. The third kappa shape index (κ3) is 4.78. The monoisotopic (exact) mass is 402 g/mol. The number of halogens is 1. The van der Waals surface area contributed by atoms with Crippen molar-refractivity contribution in [2.75, 3.05) is 40.4 Å². The molecule has 2 aromatic carbocycles. The van der Waals surface area contributed by atoms with Crippen LogP contribution < -0.4 is 9.47 Å². The number of methoxy groups -OCH3 is 2. The van der Waals surface area contributed by atoms with Gasteiger partial charge in [0.25, 0.3) is 5.91 Å². The number of hydrogen-bond acceptors (Lipinski definition) is 4. The summed E-state index contributed by atoms with van der Waals surface area (Å²) < 4.78 is 10.6. The van der Waals surface area contributed by atoms with Gasteiger partial charge in [0.15, 0.2) is 11.5 Å². The number of carbonyl (C=O) groups excluding carboxylic acids is 1. The van der Waals surface area contributed by atoms with E-state index in [9.17, 15) is 4.79 Å². The average Bonchev–Trinajstić information content (AvgIpc) is 2.94. The molecular weight excluding hydrogens is 376 g/mol. The number of benzene rings is 2. The Labute approximate surface area is 171 Å². The van der Waals surface area contributed by atoms with Crippen molar-refractivity contribution in [1.82, 2.24) is 9.80 Å². The lowest BCUT2D eigenvalue weighted by molar-refractivity contribution is 0.0760. The van der Waals surface area contributed by atoms with Crippen LogP contribution in [-0.4, -0.2) is 56.1 Å². The molecule has 0 spiro atoms. The summed E-state index contributed by atoms with van der Waals surface area (Å²) in [7, 11) is 3.07. The maximum atomic E-state index is 13.0. The highest BCUT2D eigenvalue weighted by Gasteiger charge is 2.23. The number of carbonyl (C=O) groups is 1. The first-order valence-electron chi connectivity index (χ1n) is 9.50. The minimum absolute atomic E-state index is 0.0277. The number of aryl methyl sites for hydroxylation is 1. The second kappa shape index (κ2) is 9.30. The van der Waals surface area contributed by atoms with E-state index in [0.717, 1.165) is 32.6 Å². The van der Waals surface area contributed by atoms with Gasteiger partial charge in [-0.3, -0.25) is 9.69 Å². The van der Waals surface area contributed by atoms with Gasteiger partial charge in [0.2, 0.25) is 0 Å². The van der Waals surface area contributed by atoms with Crippen LogP contribution in [0.2, 0.25) is 5.02 Å². The minimum Gasteiger partial charge on any atom is -0.493 e. The van der Waals surface area contributed by atoms with Gasteiger partial charge in [-0.15, -0.1) is 0 Å². The molecule has 0 radical (unpaired) electrons. The second-order valence-corrected chi connectivity index (χ2v) is 7.51. The van der Waals surface area contributed by atoms with Crippen molar-refractivity contribution in [1.29, 1.82) is 0 Å². The molecule has 1 aliphatic heterocycles. The van der Waals surface area contributed by atoms with E-state index in [-0.39, 0.29) is 5.91 Å². The average molecular weight is 403 g/mol. The first-order chi connectivity index (χ1) is 13.5. The Kier molecular flexibility index (Phi) is 6.81. The van der Waals surface area contributed by atoms with Crippen molar-refractivity contribution in [2.24, 2.45) is 0 Å². The Bertz CT molecular complexity index is 823. The van der Waals surface area contributed by atoms with Gasteiger partial charge in [0.05, 0.1) is 19.2 Å². The highest BCUT2D eigenvalue weighted by Crippen LogP contribution is 2.36. The van der Waals surface area contributed by atoms with E-state index in [1.165, 1.54) is 25.3 Å². The van der Waals surface area contributed by atoms with Crippen LogP contribution in [0.15, 0.2) is 36.4 Å². The van der Waals surface area contributed by atoms with Crippen LogP contribution >= 0.6 is 11.6 Å². The molecule has 0 saturated carbocycles. The number of hydrogen-bond donors (Lipinski definition) is 0. The van der Waals surface area contributed by atoms with Gasteiger partial charge >= 0.3 is 0 Å². The van der Waals surface area contributed by atoms with Gasteiger partial charge in [-0.25, -0.2) is 0 Å². The van der Waals surface area contributed by atoms with E-state index < -0.39 is 0 Å². The van der Waals surface area contributed by atoms with Crippen molar-refractivity contribution in [2.45, 2.75) is 19.9 Å². The molecule has 5 nitrogen and oxygen atoms in total. The zero-order chi connectivity index (χ0) is 20.1. The van der Waals surface area contributed by atoms with E-state index >= 15 is 0 Å². The van der Waals surface area contributed by atoms with Crippen LogP contribution in [0.3, 0.4) is 0 Å². The Morgan fingerprint density at radius 2 is 1.79 bits per heavy atom. The zero-order valence-electron chi connectivity index (χ0n) is 16.7. The molecule has 1 fully saturated rings. The lowest BCUT2D eigenvalue weighted by Crippen LogP contribution is -2.35. The van der Waals surface area contributed by atoms with E-state index in [0.29, 0.717) is 28.6 Å². The van der Waals surface area contributed by atoms with Gasteiger partial charge in [0.1, 0.15) is 0 Å². The lowest BCUT2D eigenvalue weighted by Gasteiger charge is -2.23. The molecule has 0 aliphatic carbocycles. The molecule has 28 heavy (non-hydrogen) atoms. The van der Waals surface area contributed by atoms with Crippen LogP contribution in [0.5, 0.6) is 11.5 Å². The quantitative estimate of drug-likeness (QED) is 0.757. The topological polar surface area (TPSA) is 42.0 Å². The highest BCUT2D eigenvalue weighted by molar-refractivity contribution is 6.32. The molecule has 6 heteroatoms. The predicted octanol–water partition coefficient (Wildman–Crippen LogP) is 4.01. The molecule has 0 aromatic heterocycles. The fourth-order valence-electron chi connectivity index (χ4n) is 3.51. The lowest BCUT2D eigenvalue weighted by atomic mass is 10.1. The normalized spacial score (nSPS) is 15.2. The molecule has 150 valence electrons. The van der Waals surface area contributed by atoms with Crippen LogP contribution in [0, 0.1) is 6.92 Å². The molecule has 1 heterocycles. The third-order valence-corrected chi connectivity index (χ3v) is 5.36. The van der Waals surface area contributed by atoms with Crippen LogP contribution in [0.25, 0.3) is 0 Å². The first kappa shape index (κ1) is 20.5. The number of rotatable bonds is 5. The standard InChI is InChI=1S/C22H27ClN2O3/c1-16-5-7-17(8-6-16)15-24-9-4-10-25(12-11-24)22(26)18-13-19(23)21(28-3)20(14-18)27-2/h5-8,13-14H,4,9-12,15H2,1-3H3. The molecule has 0 atom stereocenters. The highest BCUT2D eigenvalue weighted by atomic mass is 35.5. The van der Waals surface area contributed by atoms with Gasteiger partial charge < -0.3 is 14.4 Å². The van der Waals surface area contributed by atoms with E-state index in [4.69, 9.17) is 21.1 Å². The SMILES string of the molecule is COc1cc(C(=O)N2CCCN(Cc3ccc(C)cc3)CC2)cc(Cl)c1OC. The summed E-state index contributed by atoms with van der Waals surface area (Å²) in [6.07, 6.45) is 0.943. The number of nitrogens with zero attached hydrogens (tertiary/aromatic N) is 2. The number of amides is 1. The summed E-state index contributed by atoms with van der Waals surface area (Å²) in [5.74, 6) is 0.884. The Hall–Kier alpha value is -2.24. The van der Waals surface area contributed by atoms with E-state index in [1.54, 1.807) is 12.1 Å². The summed E-state index contributed by atoms with van der Waals surface area (Å²) in [6, 6.07) is 12.0. The molecular formula is C22H27ClN2O3. The summed E-state index contributed by atoms with van der Waals surface area (Å²) in [6.45, 7) is 6.25. The van der Waals surface area contributed by atoms with Crippen LogP contribution in [0.1, 0.15) is 27.9 Å². The molecule has 0 bridgehead atoms. The summed E-state index contributed by atoms with van der Waals surface area (Å²) >= 11 is 6.27. The fourth-order valence-corrected chi connectivity index (χ4v) is 3.80. The largest absolute Gasteiger partial charge is 0.493 e. The molecule has 0 unspecified atom stereocenters. The van der Waals surface area contributed by atoms with Crippen molar-refractivity contribution in [3.05, 3.63) is 58.1 Å². The fraction of sp³-hybridized carbons (Fsp3) is 0.409. The van der Waals surface area contributed by atoms with Gasteiger partial charge in [-0.2, -0.15) is 0 Å². The molecule has 3 rings (SSSR count). The predicted molar refractivity (Wildman–Crippen MR) is 112 cm³/mol. The summed E-state index contributed by atoms with van der Waals surface area (Å²) in [5.41, 5.74) is 3.09. The maximum absolute atomic E-state index is 13.0. The zero-order valence-corrected chi connectivity index (χ0v) is 17.5. The molecule has 1 saturated heterocycles. The van der Waals surface area contributed by atoms with Crippen molar-refractivity contribution >= 4 is 17.5 Å². The van der Waals surface area contributed by atoms with Crippen molar-refractivity contribution < 1.29 is 14.3 Å². The third-order valence-electron chi connectivity index (χ3n) is 5.08. The molecule has 2 aromatic rings. The molecule has 1 aliphatic rings. The Morgan fingerprint density at radius 3 is 2.46 bits per heavy atom. The van der Waals surface area contributed by atoms with E-state index in [2.05, 4.69) is 36.1 Å². The van der Waals surface area contributed by atoms with Crippen LogP contribution in [-0.2, 0) is 6.54 Å². The van der Waals surface area contributed by atoms with Crippen molar-refractivity contribution in [3.8, 4) is 11.5 Å². The molecule has 1 amide bonds. The maximum Gasteiger partial charge on any atom is 0.254 e. The molecule has 0 N–H and O–H groups in total. The number of ether oxygens (including phenoxy) is 2. The van der Waals surface area contributed by atoms with Gasteiger partial charge in [-0.1, -0.05) is 41.4 Å².